The second-order valence-electron chi connectivity index (χ2n) is 4.69. The van der Waals surface area contributed by atoms with Crippen molar-refractivity contribution in [1.82, 2.24) is 0 Å². The molecule has 9 heteroatoms. The van der Waals surface area contributed by atoms with Crippen LogP contribution in [0.5, 0.6) is 0 Å². The molecule has 0 bridgehead atoms. The summed E-state index contributed by atoms with van der Waals surface area (Å²) < 4.78 is 0. The van der Waals surface area contributed by atoms with Crippen LogP contribution in [-0.2, 0) is 0 Å². The number of aliphatic hydroxyl groups is 9. The Labute approximate surface area is 95.4 Å². The highest BCUT2D eigenvalue weighted by Gasteiger charge is 2.81. The van der Waals surface area contributed by atoms with Gasteiger partial charge in [0.2, 0.25) is 5.79 Å². The highest BCUT2D eigenvalue weighted by Crippen LogP contribution is 2.50. The lowest BCUT2D eigenvalue weighted by Gasteiger charge is -2.60. The lowest BCUT2D eigenvalue weighted by atomic mass is 9.63. The van der Waals surface area contributed by atoms with Crippen LogP contribution in [-0.4, -0.2) is 80.6 Å². The number of hydrogen-bond acceptors (Lipinski definition) is 9. The van der Waals surface area contributed by atoms with Crippen molar-refractivity contribution in [2.24, 2.45) is 0 Å². The van der Waals surface area contributed by atoms with Crippen molar-refractivity contribution in [3.63, 3.8) is 0 Å². The fourth-order valence-electron chi connectivity index (χ4n) is 1.87. The van der Waals surface area contributed by atoms with Crippen LogP contribution in [0.1, 0.15) is 13.8 Å². The van der Waals surface area contributed by atoms with E-state index in [4.69, 9.17) is 0 Å². The third-order valence-corrected chi connectivity index (χ3v) is 3.49. The Morgan fingerprint density at radius 2 is 1.06 bits per heavy atom. The maximum absolute atomic E-state index is 9.63. The summed E-state index contributed by atoms with van der Waals surface area (Å²) in [6.07, 6.45) is -2.78. The molecule has 0 saturated heterocycles. The van der Waals surface area contributed by atoms with Gasteiger partial charge in [-0.1, -0.05) is 0 Å². The molecule has 0 aromatic carbocycles. The second kappa shape index (κ2) is 3.15. The average Bonchev–Trinajstić information content (AvgIpc) is 2.13. The van der Waals surface area contributed by atoms with E-state index in [0.717, 1.165) is 0 Å². The fourth-order valence-corrected chi connectivity index (χ4v) is 1.87. The average molecular weight is 256 g/mol. The Balaban J connectivity index is 3.56. The summed E-state index contributed by atoms with van der Waals surface area (Å²) in [5.41, 5.74) is -6.42. The zero-order valence-corrected chi connectivity index (χ0v) is 9.10. The summed E-state index contributed by atoms with van der Waals surface area (Å²) >= 11 is 0. The van der Waals surface area contributed by atoms with Crippen LogP contribution < -0.4 is 0 Å². The predicted molar refractivity (Wildman–Crippen MR) is 48.8 cm³/mol. The van der Waals surface area contributed by atoms with Gasteiger partial charge in [0.1, 0.15) is 11.7 Å². The molecule has 0 aromatic rings. The molecule has 1 rings (SSSR count). The molecule has 0 radical (unpaired) electrons. The van der Waals surface area contributed by atoms with Gasteiger partial charge in [0.25, 0.3) is 11.6 Å². The zero-order chi connectivity index (χ0) is 14.1. The van der Waals surface area contributed by atoms with Crippen molar-refractivity contribution in [2.45, 2.75) is 48.5 Å². The van der Waals surface area contributed by atoms with E-state index < -0.39 is 34.7 Å². The van der Waals surface area contributed by atoms with Crippen LogP contribution in [0, 0.1) is 0 Å². The fraction of sp³-hybridized carbons (Fsp3) is 1.00. The van der Waals surface area contributed by atoms with Gasteiger partial charge in [-0.15, -0.1) is 0 Å². The van der Waals surface area contributed by atoms with Crippen molar-refractivity contribution >= 4 is 0 Å². The topological polar surface area (TPSA) is 182 Å². The molecule has 17 heavy (non-hydrogen) atoms. The Bertz CT molecular complexity index is 300. The Morgan fingerprint density at radius 3 is 1.41 bits per heavy atom. The van der Waals surface area contributed by atoms with Gasteiger partial charge in [-0.25, -0.2) is 0 Å². The van der Waals surface area contributed by atoms with Crippen LogP contribution in [0.4, 0.5) is 0 Å². The van der Waals surface area contributed by atoms with E-state index >= 15 is 0 Å². The van der Waals surface area contributed by atoms with E-state index in [2.05, 4.69) is 0 Å². The highest BCUT2D eigenvalue weighted by atomic mass is 16.7. The van der Waals surface area contributed by atoms with E-state index in [1.165, 1.54) is 0 Å². The molecule has 3 unspecified atom stereocenters. The van der Waals surface area contributed by atoms with Gasteiger partial charge < -0.3 is 46.0 Å². The molecule has 0 spiro atoms. The molecule has 0 heterocycles. The van der Waals surface area contributed by atoms with Crippen molar-refractivity contribution < 1.29 is 46.0 Å². The second-order valence-corrected chi connectivity index (χ2v) is 4.69. The van der Waals surface area contributed by atoms with Crippen molar-refractivity contribution in [3.8, 4) is 0 Å². The van der Waals surface area contributed by atoms with Crippen molar-refractivity contribution in [1.29, 1.82) is 0 Å². The van der Waals surface area contributed by atoms with Gasteiger partial charge in [-0.05, 0) is 13.8 Å². The summed E-state index contributed by atoms with van der Waals surface area (Å²) in [4.78, 5) is 0. The molecule has 1 saturated carbocycles. The van der Waals surface area contributed by atoms with E-state index in [1.54, 1.807) is 0 Å². The molecule has 3 atom stereocenters. The maximum Gasteiger partial charge on any atom is 0.256 e. The minimum atomic E-state index is -3.91. The third kappa shape index (κ3) is 1.28. The van der Waals surface area contributed by atoms with E-state index in [1.807, 2.05) is 0 Å². The first kappa shape index (κ1) is 14.7. The first-order chi connectivity index (χ1) is 7.15. The van der Waals surface area contributed by atoms with Crippen molar-refractivity contribution in [2.75, 3.05) is 0 Å². The Hall–Kier alpha value is -0.360. The molecule has 1 fully saturated rings. The van der Waals surface area contributed by atoms with Gasteiger partial charge in [0, 0.05) is 0 Å². The minimum absolute atomic E-state index is 0.439. The normalized spacial score (nSPS) is 47.8. The molecular formula is C8H16O9. The zero-order valence-electron chi connectivity index (χ0n) is 9.10. The van der Waals surface area contributed by atoms with E-state index in [9.17, 15) is 46.0 Å². The third-order valence-electron chi connectivity index (χ3n) is 3.49. The quantitative estimate of drug-likeness (QED) is 0.191. The lowest BCUT2D eigenvalue weighted by Crippen LogP contribution is -2.90. The summed E-state index contributed by atoms with van der Waals surface area (Å²) in [5, 5.41) is 85.1. The summed E-state index contributed by atoms with van der Waals surface area (Å²) in [5.74, 6) is -11.3. The largest absolute Gasteiger partial charge is 0.384 e. The van der Waals surface area contributed by atoms with Crippen molar-refractivity contribution in [3.05, 3.63) is 0 Å². The SMILES string of the molecule is CC1(O)C(O)C(O)(O)C(O)(O)C(C)(O)C1(O)O. The monoisotopic (exact) mass is 256 g/mol. The number of aliphatic hydroxyl groups excluding tert-OH is 1. The Morgan fingerprint density at radius 1 is 0.706 bits per heavy atom. The standard InChI is InChI=1S/C8H16O9/c1-4(10)3(9)6(12,13)8(16,17)5(2,11)7(4,14)15/h3,9-17H,1-2H3. The lowest BCUT2D eigenvalue weighted by molar-refractivity contribution is -0.526. The first-order valence-corrected chi connectivity index (χ1v) is 4.62. The van der Waals surface area contributed by atoms with Crippen LogP contribution in [0.3, 0.4) is 0 Å². The summed E-state index contributed by atoms with van der Waals surface area (Å²) in [6, 6.07) is 0. The van der Waals surface area contributed by atoms with Crippen LogP contribution in [0.2, 0.25) is 0 Å². The van der Waals surface area contributed by atoms with Gasteiger partial charge >= 0.3 is 0 Å². The van der Waals surface area contributed by atoms with Crippen LogP contribution in [0.25, 0.3) is 0 Å². The van der Waals surface area contributed by atoms with Crippen LogP contribution in [0.15, 0.2) is 0 Å². The van der Waals surface area contributed by atoms with E-state index in [0.29, 0.717) is 13.8 Å². The maximum atomic E-state index is 9.63. The van der Waals surface area contributed by atoms with Gasteiger partial charge in [-0.3, -0.25) is 0 Å². The molecule has 102 valence electrons. The van der Waals surface area contributed by atoms with Gasteiger partial charge in [0.15, 0.2) is 5.60 Å². The molecular weight excluding hydrogens is 240 g/mol. The highest BCUT2D eigenvalue weighted by molar-refractivity contribution is 5.21. The molecule has 0 aromatic heterocycles. The summed E-state index contributed by atoms with van der Waals surface area (Å²) in [7, 11) is 0. The molecule has 9 nitrogen and oxygen atoms in total. The first-order valence-electron chi connectivity index (χ1n) is 4.62. The number of hydrogen-bond donors (Lipinski definition) is 9. The van der Waals surface area contributed by atoms with E-state index in [-0.39, 0.29) is 0 Å². The number of rotatable bonds is 0. The molecule has 1 aliphatic rings. The van der Waals surface area contributed by atoms with Gasteiger partial charge in [-0.2, -0.15) is 0 Å². The summed E-state index contributed by atoms with van der Waals surface area (Å²) in [6.45, 7) is 1.01. The minimum Gasteiger partial charge on any atom is -0.384 e. The van der Waals surface area contributed by atoms with Crippen LogP contribution >= 0.6 is 0 Å². The molecule has 0 amide bonds. The molecule has 9 N–H and O–H groups in total. The Kier molecular flexibility index (Phi) is 2.72. The van der Waals surface area contributed by atoms with Gasteiger partial charge in [0.05, 0.1) is 0 Å². The smallest absolute Gasteiger partial charge is 0.256 e. The molecule has 0 aliphatic heterocycles. The predicted octanol–water partition coefficient (Wildman–Crippen LogP) is -5.09. The molecule has 1 aliphatic carbocycles.